The topological polar surface area (TPSA) is 68.0 Å². The van der Waals surface area contributed by atoms with E-state index in [0.717, 1.165) is 55.6 Å². The summed E-state index contributed by atoms with van der Waals surface area (Å²) in [6.07, 6.45) is 6.98. The number of carboxylic acids is 1. The van der Waals surface area contributed by atoms with E-state index < -0.39 is 5.97 Å². The molecule has 0 aliphatic heterocycles. The first-order valence-electron chi connectivity index (χ1n) is 7.65. The van der Waals surface area contributed by atoms with Crippen LogP contribution in [0.15, 0.2) is 18.3 Å². The second kappa shape index (κ2) is 5.47. The van der Waals surface area contributed by atoms with E-state index in [-0.39, 0.29) is 11.8 Å². The van der Waals surface area contributed by atoms with Crippen molar-refractivity contribution in [1.82, 2.24) is 14.5 Å². The number of carboxylic acid groups (broad SMARTS) is 1. The summed E-state index contributed by atoms with van der Waals surface area (Å²) in [6.45, 7) is 2.89. The predicted octanol–water partition coefficient (Wildman–Crippen LogP) is 3.03. The lowest BCUT2D eigenvalue weighted by Gasteiger charge is -2.26. The highest BCUT2D eigenvalue weighted by Gasteiger charge is 2.37. The van der Waals surface area contributed by atoms with Crippen molar-refractivity contribution < 1.29 is 9.90 Å². The second-order valence-corrected chi connectivity index (χ2v) is 6.07. The van der Waals surface area contributed by atoms with Gasteiger partial charge in [-0.15, -0.1) is 0 Å². The summed E-state index contributed by atoms with van der Waals surface area (Å²) in [5, 5.41) is 9.24. The average Bonchev–Trinajstić information content (AvgIpc) is 3.02. The molecule has 3 rings (SSSR count). The summed E-state index contributed by atoms with van der Waals surface area (Å²) >= 11 is 0. The number of nitrogens with zero attached hydrogens (tertiary/aromatic N) is 3. The van der Waals surface area contributed by atoms with Crippen LogP contribution in [-0.2, 0) is 17.8 Å². The van der Waals surface area contributed by atoms with Crippen LogP contribution >= 0.6 is 0 Å². The van der Waals surface area contributed by atoms with E-state index in [4.69, 9.17) is 4.98 Å². The number of fused-ring (bicyclic) bond motifs is 1. The van der Waals surface area contributed by atoms with E-state index in [1.165, 1.54) is 0 Å². The molecule has 5 heteroatoms. The molecule has 1 fully saturated rings. The van der Waals surface area contributed by atoms with Gasteiger partial charge in [0.15, 0.2) is 5.65 Å². The molecule has 112 valence electrons. The molecule has 2 aromatic rings. The zero-order valence-electron chi connectivity index (χ0n) is 12.4. The molecule has 0 bridgehead atoms. The zero-order chi connectivity index (χ0) is 14.9. The summed E-state index contributed by atoms with van der Waals surface area (Å²) < 4.78 is 2.12. The van der Waals surface area contributed by atoms with E-state index in [1.807, 2.05) is 12.1 Å². The van der Waals surface area contributed by atoms with Crippen molar-refractivity contribution in [2.75, 3.05) is 0 Å². The lowest BCUT2D eigenvalue weighted by molar-refractivity contribution is -0.139. The number of carbonyl (C=O) groups is 1. The maximum absolute atomic E-state index is 11.2. The Kier molecular flexibility index (Phi) is 3.66. The summed E-state index contributed by atoms with van der Waals surface area (Å²) in [7, 11) is 0. The van der Waals surface area contributed by atoms with E-state index in [2.05, 4.69) is 16.5 Å². The van der Waals surface area contributed by atoms with Gasteiger partial charge in [-0.2, -0.15) is 0 Å². The highest BCUT2D eigenvalue weighted by Crippen LogP contribution is 2.43. The Bertz CT molecular complexity index is 657. The molecule has 5 nitrogen and oxygen atoms in total. The summed E-state index contributed by atoms with van der Waals surface area (Å²) in [6, 6.07) is 3.86. The Balaban J connectivity index is 1.97. The van der Waals surface area contributed by atoms with Gasteiger partial charge < -0.3 is 9.67 Å². The maximum atomic E-state index is 11.2. The highest BCUT2D eigenvalue weighted by atomic mass is 16.4. The summed E-state index contributed by atoms with van der Waals surface area (Å²) in [5.41, 5.74) is 1.68. The summed E-state index contributed by atoms with van der Waals surface area (Å²) in [4.78, 5) is 20.4. The number of hydrogen-bond donors (Lipinski definition) is 1. The SMILES string of the molecule is CCn1c(CC2(CC(=O)O)CCCC2)nc2cccnc21. The number of rotatable bonds is 5. The van der Waals surface area contributed by atoms with E-state index in [1.54, 1.807) is 6.20 Å². The molecular formula is C16H21N3O2. The van der Waals surface area contributed by atoms with Gasteiger partial charge in [0, 0.05) is 19.2 Å². The standard InChI is InChI=1S/C16H21N3O2/c1-2-19-13(18-12-6-5-9-17-15(12)19)10-16(11-14(20)21)7-3-4-8-16/h5-6,9H,2-4,7-8,10-11H2,1H3,(H,20,21). The molecule has 1 N–H and O–H groups in total. The number of aryl methyl sites for hydroxylation is 1. The van der Waals surface area contributed by atoms with Crippen LogP contribution in [-0.4, -0.2) is 25.6 Å². The molecule has 0 spiro atoms. The lowest BCUT2D eigenvalue weighted by atomic mass is 9.79. The fourth-order valence-electron chi connectivity index (χ4n) is 3.67. The Morgan fingerprint density at radius 1 is 1.43 bits per heavy atom. The van der Waals surface area contributed by atoms with Crippen LogP contribution in [0.2, 0.25) is 0 Å². The van der Waals surface area contributed by atoms with Gasteiger partial charge in [0.1, 0.15) is 11.3 Å². The normalized spacial score (nSPS) is 17.4. The van der Waals surface area contributed by atoms with Crippen LogP contribution in [0, 0.1) is 5.41 Å². The van der Waals surface area contributed by atoms with Gasteiger partial charge >= 0.3 is 5.97 Å². The Labute approximate surface area is 124 Å². The number of imidazole rings is 1. The first-order chi connectivity index (χ1) is 10.1. The van der Waals surface area contributed by atoms with Crippen LogP contribution in [0.1, 0.15) is 44.9 Å². The van der Waals surface area contributed by atoms with Gasteiger partial charge in [-0.25, -0.2) is 9.97 Å². The lowest BCUT2D eigenvalue weighted by Crippen LogP contribution is -2.25. The minimum Gasteiger partial charge on any atom is -0.481 e. The number of hydrogen-bond acceptors (Lipinski definition) is 3. The predicted molar refractivity (Wildman–Crippen MR) is 80.1 cm³/mol. The van der Waals surface area contributed by atoms with Crippen molar-refractivity contribution in [3.05, 3.63) is 24.2 Å². The van der Waals surface area contributed by atoms with Crippen LogP contribution < -0.4 is 0 Å². The smallest absolute Gasteiger partial charge is 0.303 e. The highest BCUT2D eigenvalue weighted by molar-refractivity contribution is 5.71. The number of aliphatic carboxylic acids is 1. The largest absolute Gasteiger partial charge is 0.481 e. The molecule has 21 heavy (non-hydrogen) atoms. The number of pyridine rings is 1. The van der Waals surface area contributed by atoms with Gasteiger partial charge in [-0.3, -0.25) is 4.79 Å². The van der Waals surface area contributed by atoms with Crippen molar-refractivity contribution >= 4 is 17.1 Å². The van der Waals surface area contributed by atoms with Crippen LogP contribution in [0.3, 0.4) is 0 Å². The molecule has 0 atom stereocenters. The minimum atomic E-state index is -0.700. The average molecular weight is 287 g/mol. The third kappa shape index (κ3) is 2.64. The van der Waals surface area contributed by atoms with Gasteiger partial charge in [-0.1, -0.05) is 12.8 Å². The molecule has 2 heterocycles. The molecule has 0 aromatic carbocycles. The van der Waals surface area contributed by atoms with Crippen LogP contribution in [0.4, 0.5) is 0 Å². The quantitative estimate of drug-likeness (QED) is 0.917. The second-order valence-electron chi connectivity index (χ2n) is 6.07. The van der Waals surface area contributed by atoms with Crippen molar-refractivity contribution in [3.63, 3.8) is 0 Å². The first kappa shape index (κ1) is 14.0. The van der Waals surface area contributed by atoms with Gasteiger partial charge in [0.05, 0.1) is 6.42 Å². The zero-order valence-corrected chi connectivity index (χ0v) is 12.4. The Morgan fingerprint density at radius 2 is 2.19 bits per heavy atom. The van der Waals surface area contributed by atoms with Crippen molar-refractivity contribution in [3.8, 4) is 0 Å². The first-order valence-corrected chi connectivity index (χ1v) is 7.65. The fourth-order valence-corrected chi connectivity index (χ4v) is 3.67. The minimum absolute atomic E-state index is 0.125. The maximum Gasteiger partial charge on any atom is 0.303 e. The third-order valence-electron chi connectivity index (χ3n) is 4.62. The molecule has 0 saturated heterocycles. The van der Waals surface area contributed by atoms with Crippen LogP contribution in [0.25, 0.3) is 11.2 Å². The Hall–Kier alpha value is -1.91. The van der Waals surface area contributed by atoms with Crippen LogP contribution in [0.5, 0.6) is 0 Å². The molecule has 1 aliphatic carbocycles. The van der Waals surface area contributed by atoms with Gasteiger partial charge in [-0.05, 0) is 37.3 Å². The van der Waals surface area contributed by atoms with Crippen molar-refractivity contribution in [2.24, 2.45) is 5.41 Å². The third-order valence-corrected chi connectivity index (χ3v) is 4.62. The molecule has 1 aliphatic rings. The molecule has 1 saturated carbocycles. The van der Waals surface area contributed by atoms with Crippen molar-refractivity contribution in [1.29, 1.82) is 0 Å². The van der Waals surface area contributed by atoms with Gasteiger partial charge in [0.2, 0.25) is 0 Å². The van der Waals surface area contributed by atoms with E-state index >= 15 is 0 Å². The van der Waals surface area contributed by atoms with E-state index in [0.29, 0.717) is 0 Å². The fraction of sp³-hybridized carbons (Fsp3) is 0.562. The van der Waals surface area contributed by atoms with E-state index in [9.17, 15) is 9.90 Å². The molecule has 2 aromatic heterocycles. The number of aromatic nitrogens is 3. The molecule has 0 amide bonds. The summed E-state index contributed by atoms with van der Waals surface area (Å²) in [5.74, 6) is 0.281. The van der Waals surface area contributed by atoms with Gasteiger partial charge in [0.25, 0.3) is 0 Å². The monoisotopic (exact) mass is 287 g/mol. The molecule has 0 radical (unpaired) electrons. The van der Waals surface area contributed by atoms with Crippen molar-refractivity contribution in [2.45, 2.75) is 52.0 Å². The Morgan fingerprint density at radius 3 is 2.86 bits per heavy atom. The molecular weight excluding hydrogens is 266 g/mol. The molecule has 0 unspecified atom stereocenters.